The molecule has 170 valence electrons. The van der Waals surface area contributed by atoms with Crippen molar-refractivity contribution >= 4 is 17.7 Å². The summed E-state index contributed by atoms with van der Waals surface area (Å²) >= 11 is 0. The lowest BCUT2D eigenvalue weighted by atomic mass is 10.00. The lowest BCUT2D eigenvalue weighted by Crippen LogP contribution is -2.33. The minimum absolute atomic E-state index is 0.151. The summed E-state index contributed by atoms with van der Waals surface area (Å²) in [6.07, 6.45) is 3.52. The van der Waals surface area contributed by atoms with Crippen molar-refractivity contribution < 1.29 is 23.6 Å². The molecule has 1 aromatic carbocycles. The van der Waals surface area contributed by atoms with Gasteiger partial charge in [-0.15, -0.1) is 0 Å². The number of benzene rings is 1. The molecule has 2 amide bonds. The molecule has 9 nitrogen and oxygen atoms in total. The molecule has 0 unspecified atom stereocenters. The summed E-state index contributed by atoms with van der Waals surface area (Å²) in [5.74, 6) is 1.13. The highest BCUT2D eigenvalue weighted by Crippen LogP contribution is 2.39. The average Bonchev–Trinajstić information content (AvgIpc) is 3.36. The fourth-order valence-electron chi connectivity index (χ4n) is 4.38. The van der Waals surface area contributed by atoms with Gasteiger partial charge in [0.05, 0.1) is 20.2 Å². The number of anilines is 1. The van der Waals surface area contributed by atoms with Gasteiger partial charge in [-0.25, -0.2) is 9.78 Å². The summed E-state index contributed by atoms with van der Waals surface area (Å²) < 4.78 is 16.5. The Bertz CT molecular complexity index is 1220. The number of fused-ring (bicyclic) bond motifs is 3. The Labute approximate surface area is 190 Å². The normalized spacial score (nSPS) is 17.1. The fourth-order valence-corrected chi connectivity index (χ4v) is 4.38. The minimum Gasteiger partial charge on any atom is -0.481 e. The number of nitrogens with zero attached hydrogens (tertiary/aromatic N) is 3. The van der Waals surface area contributed by atoms with Crippen LogP contribution in [0.1, 0.15) is 24.5 Å². The van der Waals surface area contributed by atoms with E-state index in [4.69, 9.17) is 14.0 Å². The van der Waals surface area contributed by atoms with E-state index in [-0.39, 0.29) is 12.0 Å². The van der Waals surface area contributed by atoms with Crippen molar-refractivity contribution in [1.82, 2.24) is 15.5 Å². The number of hydrogen-bond donors (Lipinski definition) is 1. The van der Waals surface area contributed by atoms with Crippen molar-refractivity contribution in [2.24, 2.45) is 0 Å². The number of carbonyl (C=O) groups is 2. The van der Waals surface area contributed by atoms with Crippen molar-refractivity contribution in [3.8, 4) is 28.5 Å². The van der Waals surface area contributed by atoms with Gasteiger partial charge in [0.1, 0.15) is 11.8 Å². The number of methoxy groups -OCH3 is 1. The van der Waals surface area contributed by atoms with Crippen LogP contribution in [0, 0.1) is 0 Å². The lowest BCUT2D eigenvalue weighted by Gasteiger charge is -2.15. The van der Waals surface area contributed by atoms with E-state index in [1.54, 1.807) is 18.2 Å². The first-order valence-electron chi connectivity index (χ1n) is 10.9. The number of hydrogen-bond acceptors (Lipinski definition) is 7. The van der Waals surface area contributed by atoms with Gasteiger partial charge in [-0.05, 0) is 49.1 Å². The van der Waals surface area contributed by atoms with Crippen LogP contribution < -0.4 is 15.0 Å². The molecule has 1 fully saturated rings. The number of rotatable bonds is 5. The Morgan fingerprint density at radius 3 is 2.97 bits per heavy atom. The quantitative estimate of drug-likeness (QED) is 0.638. The van der Waals surface area contributed by atoms with Crippen LogP contribution in [0.5, 0.6) is 5.88 Å². The first kappa shape index (κ1) is 21.0. The highest BCUT2D eigenvalue weighted by Gasteiger charge is 2.33. The number of ether oxygens (including phenoxy) is 2. The average molecular weight is 448 g/mol. The van der Waals surface area contributed by atoms with E-state index < -0.39 is 6.09 Å². The van der Waals surface area contributed by atoms with Crippen LogP contribution >= 0.6 is 0 Å². The van der Waals surface area contributed by atoms with E-state index in [1.807, 2.05) is 30.3 Å². The molecule has 3 aromatic rings. The Morgan fingerprint density at radius 1 is 1.27 bits per heavy atom. The standard InChI is InChI=1S/C24H24N4O5/c1-14(29)26-12-18-13-28(24(30)32-18)17-6-7-19-15(10-17)4-3-5-20-22(27-33-23(19)20)16-8-9-25-21(11-16)31-2/h6-11,18H,3-5,12-13H2,1-2H3,(H,26,29)/t18-/m0/s1. The molecule has 1 saturated heterocycles. The molecule has 0 spiro atoms. The van der Waals surface area contributed by atoms with E-state index in [1.165, 1.54) is 6.92 Å². The molecule has 0 bridgehead atoms. The van der Waals surface area contributed by atoms with Crippen LogP contribution in [-0.4, -0.2) is 48.4 Å². The molecule has 1 atom stereocenters. The van der Waals surface area contributed by atoms with E-state index in [2.05, 4.69) is 15.5 Å². The highest BCUT2D eigenvalue weighted by molar-refractivity contribution is 5.90. The summed E-state index contributed by atoms with van der Waals surface area (Å²) in [6, 6.07) is 9.64. The molecule has 2 aromatic heterocycles. The molecule has 2 aliphatic rings. The SMILES string of the molecule is COc1cc(-c2noc3c2CCCc2cc(N4C[C@H](CNC(C)=O)OC4=O)ccc2-3)ccn1. The van der Waals surface area contributed by atoms with E-state index >= 15 is 0 Å². The summed E-state index contributed by atoms with van der Waals surface area (Å²) in [5, 5.41) is 7.06. The molecular formula is C24H24N4O5. The third kappa shape index (κ3) is 4.02. The van der Waals surface area contributed by atoms with Crippen molar-refractivity contribution in [2.75, 3.05) is 25.1 Å². The largest absolute Gasteiger partial charge is 0.481 e. The maximum absolute atomic E-state index is 12.4. The van der Waals surface area contributed by atoms with Crippen molar-refractivity contribution in [2.45, 2.75) is 32.3 Å². The van der Waals surface area contributed by atoms with Gasteiger partial charge >= 0.3 is 6.09 Å². The predicted molar refractivity (Wildman–Crippen MR) is 120 cm³/mol. The van der Waals surface area contributed by atoms with Crippen LogP contribution in [-0.2, 0) is 22.4 Å². The monoisotopic (exact) mass is 448 g/mol. The number of cyclic esters (lactones) is 1. The van der Waals surface area contributed by atoms with E-state index in [0.717, 1.165) is 58.7 Å². The van der Waals surface area contributed by atoms with E-state index in [0.29, 0.717) is 19.0 Å². The van der Waals surface area contributed by atoms with Gasteiger partial charge in [0.2, 0.25) is 11.8 Å². The molecular weight excluding hydrogens is 424 g/mol. The molecule has 9 heteroatoms. The minimum atomic E-state index is -0.409. The van der Waals surface area contributed by atoms with Gasteiger partial charge in [-0.2, -0.15) is 0 Å². The molecule has 1 aliphatic heterocycles. The van der Waals surface area contributed by atoms with E-state index in [9.17, 15) is 9.59 Å². The fraction of sp³-hybridized carbons (Fsp3) is 0.333. The first-order chi connectivity index (χ1) is 16.0. The number of nitrogens with one attached hydrogen (secondary N) is 1. The Hall–Kier alpha value is -3.88. The summed E-state index contributed by atoms with van der Waals surface area (Å²) in [5.41, 5.74) is 5.60. The maximum atomic E-state index is 12.4. The van der Waals surface area contributed by atoms with Gasteiger partial charge in [0, 0.05) is 41.6 Å². The second-order valence-electron chi connectivity index (χ2n) is 8.17. The van der Waals surface area contributed by atoms with Gasteiger partial charge < -0.3 is 19.3 Å². The summed E-state index contributed by atoms with van der Waals surface area (Å²) in [4.78, 5) is 29.4. The molecule has 5 rings (SSSR count). The zero-order valence-electron chi connectivity index (χ0n) is 18.5. The highest BCUT2D eigenvalue weighted by atomic mass is 16.6. The van der Waals surface area contributed by atoms with Gasteiger partial charge in [0.15, 0.2) is 5.76 Å². The first-order valence-corrected chi connectivity index (χ1v) is 10.9. The molecule has 1 aliphatic carbocycles. The zero-order valence-corrected chi connectivity index (χ0v) is 18.5. The summed E-state index contributed by atoms with van der Waals surface area (Å²) in [7, 11) is 1.58. The number of amides is 2. The molecule has 1 N–H and O–H groups in total. The number of pyridine rings is 1. The topological polar surface area (TPSA) is 107 Å². The number of carbonyl (C=O) groups excluding carboxylic acids is 2. The van der Waals surface area contributed by atoms with Crippen molar-refractivity contribution in [3.05, 3.63) is 47.7 Å². The van der Waals surface area contributed by atoms with Crippen LogP contribution in [0.15, 0.2) is 41.1 Å². The smallest absolute Gasteiger partial charge is 0.414 e. The van der Waals surface area contributed by atoms with Gasteiger partial charge in [-0.3, -0.25) is 9.69 Å². The Kier molecular flexibility index (Phi) is 5.45. The van der Waals surface area contributed by atoms with Gasteiger partial charge in [0.25, 0.3) is 0 Å². The van der Waals surface area contributed by atoms with Crippen LogP contribution in [0.25, 0.3) is 22.6 Å². The van der Waals surface area contributed by atoms with Crippen molar-refractivity contribution in [1.29, 1.82) is 0 Å². The number of aromatic nitrogens is 2. The third-order valence-electron chi connectivity index (χ3n) is 5.98. The lowest BCUT2D eigenvalue weighted by molar-refractivity contribution is -0.119. The second-order valence-corrected chi connectivity index (χ2v) is 8.17. The molecule has 3 heterocycles. The summed E-state index contributed by atoms with van der Waals surface area (Å²) in [6.45, 7) is 2.13. The Balaban J connectivity index is 1.44. The molecule has 0 radical (unpaired) electrons. The maximum Gasteiger partial charge on any atom is 0.414 e. The van der Waals surface area contributed by atoms with Gasteiger partial charge in [-0.1, -0.05) is 5.16 Å². The predicted octanol–water partition coefficient (Wildman–Crippen LogP) is 3.36. The second kappa shape index (κ2) is 8.57. The third-order valence-corrected chi connectivity index (χ3v) is 5.98. The van der Waals surface area contributed by atoms with Crippen LogP contribution in [0.2, 0.25) is 0 Å². The zero-order chi connectivity index (χ0) is 22.9. The van der Waals surface area contributed by atoms with Crippen LogP contribution in [0.4, 0.5) is 10.5 Å². The molecule has 0 saturated carbocycles. The Morgan fingerprint density at radius 2 is 2.15 bits per heavy atom. The van der Waals surface area contributed by atoms with Crippen LogP contribution in [0.3, 0.4) is 0 Å². The molecule has 33 heavy (non-hydrogen) atoms. The van der Waals surface area contributed by atoms with Crippen molar-refractivity contribution in [3.63, 3.8) is 0 Å². The number of aryl methyl sites for hydroxylation is 1.